The smallest absolute Gasteiger partial charge is 0.0168 e. The Morgan fingerprint density at radius 2 is 1.80 bits per heavy atom. The van der Waals surface area contributed by atoms with Crippen LogP contribution in [-0.4, -0.2) is 0 Å². The Labute approximate surface area is 95.5 Å². The fourth-order valence-corrected chi connectivity index (χ4v) is 1.87. The van der Waals surface area contributed by atoms with Crippen molar-refractivity contribution in [2.45, 2.75) is 64.7 Å². The molecular formula is C15H26. The van der Waals surface area contributed by atoms with Crippen molar-refractivity contribution >= 4 is 0 Å². The van der Waals surface area contributed by atoms with Crippen molar-refractivity contribution in [2.24, 2.45) is 5.92 Å². The summed E-state index contributed by atoms with van der Waals surface area (Å²) in [4.78, 5) is 0. The molecule has 1 aliphatic rings. The molecule has 0 N–H and O–H groups in total. The number of hydrogen-bond acceptors (Lipinski definition) is 0. The molecule has 1 rings (SSSR count). The van der Waals surface area contributed by atoms with Crippen molar-refractivity contribution in [2.75, 3.05) is 0 Å². The third-order valence-corrected chi connectivity index (χ3v) is 3.16. The largest absolute Gasteiger partial charge is 0.0956 e. The average molecular weight is 206 g/mol. The third kappa shape index (κ3) is 6.54. The van der Waals surface area contributed by atoms with E-state index >= 15 is 0 Å². The molecule has 0 atom stereocenters. The van der Waals surface area contributed by atoms with E-state index in [-0.39, 0.29) is 0 Å². The van der Waals surface area contributed by atoms with Gasteiger partial charge in [-0.2, -0.15) is 0 Å². The molecule has 1 aliphatic carbocycles. The Bertz CT molecular complexity index is 196. The van der Waals surface area contributed by atoms with Crippen molar-refractivity contribution in [3.05, 3.63) is 24.3 Å². The van der Waals surface area contributed by atoms with E-state index in [2.05, 4.69) is 25.7 Å². The molecule has 0 aromatic heterocycles. The Balaban J connectivity index is 1.85. The summed E-state index contributed by atoms with van der Waals surface area (Å²) >= 11 is 0. The molecule has 1 saturated carbocycles. The Morgan fingerprint density at radius 1 is 1.13 bits per heavy atom. The van der Waals surface area contributed by atoms with Crippen molar-refractivity contribution in [3.63, 3.8) is 0 Å². The molecule has 15 heavy (non-hydrogen) atoms. The van der Waals surface area contributed by atoms with Crippen LogP contribution in [0.2, 0.25) is 0 Å². The number of hydrogen-bond donors (Lipinski definition) is 0. The van der Waals surface area contributed by atoms with Gasteiger partial charge in [0.05, 0.1) is 0 Å². The van der Waals surface area contributed by atoms with Crippen molar-refractivity contribution in [1.82, 2.24) is 0 Å². The first kappa shape index (κ1) is 12.5. The number of rotatable bonds is 9. The zero-order valence-corrected chi connectivity index (χ0v) is 10.3. The van der Waals surface area contributed by atoms with Crippen LogP contribution in [0.25, 0.3) is 0 Å². The summed E-state index contributed by atoms with van der Waals surface area (Å²) in [6, 6.07) is 0. The predicted molar refractivity (Wildman–Crippen MR) is 69.0 cm³/mol. The van der Waals surface area contributed by atoms with Crippen LogP contribution in [0.5, 0.6) is 0 Å². The molecule has 0 heterocycles. The van der Waals surface area contributed by atoms with Gasteiger partial charge in [-0.3, -0.25) is 0 Å². The van der Waals surface area contributed by atoms with Gasteiger partial charge in [0.25, 0.3) is 0 Å². The maximum atomic E-state index is 4.09. The van der Waals surface area contributed by atoms with Gasteiger partial charge in [-0.05, 0) is 31.6 Å². The van der Waals surface area contributed by atoms with Crippen LogP contribution in [0, 0.1) is 5.92 Å². The normalized spacial score (nSPS) is 16.1. The zero-order valence-electron chi connectivity index (χ0n) is 10.3. The summed E-state index contributed by atoms with van der Waals surface area (Å²) in [5.74, 6) is 0.839. The Kier molecular flexibility index (Phi) is 6.47. The maximum absolute atomic E-state index is 4.09. The molecule has 0 heteroatoms. The van der Waals surface area contributed by atoms with E-state index < -0.39 is 0 Å². The molecular weight excluding hydrogens is 180 g/mol. The molecule has 0 aromatic carbocycles. The lowest BCUT2D eigenvalue weighted by Crippen LogP contribution is -1.79. The van der Waals surface area contributed by atoms with Gasteiger partial charge < -0.3 is 0 Å². The van der Waals surface area contributed by atoms with E-state index in [9.17, 15) is 0 Å². The lowest BCUT2D eigenvalue weighted by molar-refractivity contribution is 0.611. The zero-order chi connectivity index (χ0) is 10.9. The summed E-state index contributed by atoms with van der Waals surface area (Å²) in [7, 11) is 0. The molecule has 0 aromatic rings. The quantitative estimate of drug-likeness (QED) is 0.356. The van der Waals surface area contributed by atoms with Crippen LogP contribution in [0.4, 0.5) is 0 Å². The van der Waals surface area contributed by atoms with E-state index in [0.717, 1.165) is 5.92 Å². The van der Waals surface area contributed by atoms with Gasteiger partial charge in [-0.15, -0.1) is 0 Å². The van der Waals surface area contributed by atoms with E-state index in [1.165, 1.54) is 63.4 Å². The minimum Gasteiger partial charge on any atom is -0.0956 e. The second-order valence-electron chi connectivity index (χ2n) is 4.81. The second-order valence-corrected chi connectivity index (χ2v) is 4.81. The van der Waals surface area contributed by atoms with Crippen LogP contribution in [0.3, 0.4) is 0 Å². The van der Waals surface area contributed by atoms with Crippen LogP contribution in [0.1, 0.15) is 64.7 Å². The molecule has 0 spiro atoms. The summed E-state index contributed by atoms with van der Waals surface area (Å²) < 4.78 is 0. The van der Waals surface area contributed by atoms with Gasteiger partial charge in [0.2, 0.25) is 0 Å². The minimum atomic E-state index is 0.839. The van der Waals surface area contributed by atoms with E-state index in [1.54, 1.807) is 0 Å². The van der Waals surface area contributed by atoms with Gasteiger partial charge in [-0.25, -0.2) is 0 Å². The van der Waals surface area contributed by atoms with Gasteiger partial charge >= 0.3 is 0 Å². The molecule has 86 valence electrons. The SMILES string of the molecule is C=C(/C=C/CCCCCCCC)C1CC1. The minimum absolute atomic E-state index is 0.839. The van der Waals surface area contributed by atoms with Gasteiger partial charge in [-0.1, -0.05) is 63.3 Å². The number of allylic oxidation sites excluding steroid dienone is 3. The monoisotopic (exact) mass is 206 g/mol. The first-order valence-corrected chi connectivity index (χ1v) is 6.70. The fraction of sp³-hybridized carbons (Fsp3) is 0.733. The highest BCUT2D eigenvalue weighted by Gasteiger charge is 2.22. The van der Waals surface area contributed by atoms with E-state index in [4.69, 9.17) is 0 Å². The topological polar surface area (TPSA) is 0 Å². The summed E-state index contributed by atoms with van der Waals surface area (Å²) in [6.07, 6.45) is 16.9. The summed E-state index contributed by atoms with van der Waals surface area (Å²) in [6.45, 7) is 6.36. The molecule has 0 radical (unpaired) electrons. The Hall–Kier alpha value is -0.520. The van der Waals surface area contributed by atoms with E-state index in [0.29, 0.717) is 0 Å². The number of unbranched alkanes of at least 4 members (excludes halogenated alkanes) is 6. The average Bonchev–Trinajstić information content (AvgIpc) is 3.05. The predicted octanol–water partition coefficient (Wildman–Crippen LogP) is 5.26. The summed E-state index contributed by atoms with van der Waals surface area (Å²) in [5, 5.41) is 0. The molecule has 0 nitrogen and oxygen atoms in total. The maximum Gasteiger partial charge on any atom is -0.0168 e. The van der Waals surface area contributed by atoms with Crippen LogP contribution < -0.4 is 0 Å². The second kappa shape index (κ2) is 7.73. The third-order valence-electron chi connectivity index (χ3n) is 3.16. The Morgan fingerprint density at radius 3 is 2.47 bits per heavy atom. The van der Waals surface area contributed by atoms with Gasteiger partial charge in [0, 0.05) is 0 Å². The first-order valence-electron chi connectivity index (χ1n) is 6.70. The lowest BCUT2D eigenvalue weighted by Gasteiger charge is -1.98. The summed E-state index contributed by atoms with van der Waals surface area (Å²) in [5.41, 5.74) is 1.36. The molecule has 0 aliphatic heterocycles. The highest BCUT2D eigenvalue weighted by molar-refractivity contribution is 5.21. The highest BCUT2D eigenvalue weighted by Crippen LogP contribution is 2.36. The van der Waals surface area contributed by atoms with Gasteiger partial charge in [0.1, 0.15) is 0 Å². The molecule has 1 fully saturated rings. The lowest BCUT2D eigenvalue weighted by atomic mass is 10.1. The highest BCUT2D eigenvalue weighted by atomic mass is 14.3. The van der Waals surface area contributed by atoms with Crippen LogP contribution in [0.15, 0.2) is 24.3 Å². The van der Waals surface area contributed by atoms with Gasteiger partial charge in [0.15, 0.2) is 0 Å². The van der Waals surface area contributed by atoms with Crippen LogP contribution >= 0.6 is 0 Å². The van der Waals surface area contributed by atoms with Crippen molar-refractivity contribution in [3.8, 4) is 0 Å². The van der Waals surface area contributed by atoms with E-state index in [1.807, 2.05) is 0 Å². The molecule has 0 bridgehead atoms. The first-order chi connectivity index (χ1) is 7.34. The standard InChI is InChI=1S/C15H26/c1-3-4-5-6-7-8-9-10-11-14(2)15-12-13-15/h10-11,15H,2-9,12-13H2,1H3/b11-10+. The van der Waals surface area contributed by atoms with Crippen LogP contribution in [-0.2, 0) is 0 Å². The van der Waals surface area contributed by atoms with Crippen molar-refractivity contribution < 1.29 is 0 Å². The molecule has 0 unspecified atom stereocenters. The van der Waals surface area contributed by atoms with Crippen molar-refractivity contribution in [1.29, 1.82) is 0 Å². The molecule has 0 amide bonds. The fourth-order valence-electron chi connectivity index (χ4n) is 1.87. The molecule has 0 saturated heterocycles.